The summed E-state index contributed by atoms with van der Waals surface area (Å²) in [6, 6.07) is 6.52. The van der Waals surface area contributed by atoms with Crippen LogP contribution in [0.25, 0.3) is 0 Å². The SMILES string of the molecule is CC(=O)C(O[Si](C)(C)C)c1ccccc1OS(C)(=O)=O. The van der Waals surface area contributed by atoms with Crippen molar-refractivity contribution in [2.24, 2.45) is 0 Å². The molecule has 0 aliphatic carbocycles. The second-order valence-electron chi connectivity index (χ2n) is 5.55. The van der Waals surface area contributed by atoms with E-state index in [4.69, 9.17) is 8.61 Å². The number of carbonyl (C=O) groups is 1. The van der Waals surface area contributed by atoms with Gasteiger partial charge in [0.2, 0.25) is 0 Å². The maximum absolute atomic E-state index is 11.8. The number of benzene rings is 1. The predicted octanol–water partition coefficient (Wildman–Crippen LogP) is 2.51. The standard InChI is InChI=1S/C13H20O5SSi/c1-10(14)13(18-20(3,4)5)11-8-6-7-9-12(11)17-19(2,15)16/h6-9,13H,1-5H3. The van der Waals surface area contributed by atoms with Crippen LogP contribution in [0.2, 0.25) is 19.6 Å². The van der Waals surface area contributed by atoms with Crippen molar-refractivity contribution in [1.82, 2.24) is 0 Å². The molecule has 20 heavy (non-hydrogen) atoms. The highest BCUT2D eigenvalue weighted by atomic mass is 32.2. The van der Waals surface area contributed by atoms with E-state index in [1.54, 1.807) is 18.2 Å². The summed E-state index contributed by atoms with van der Waals surface area (Å²) in [6.07, 6.45) is 0.158. The first-order valence-corrected chi connectivity index (χ1v) is 11.4. The van der Waals surface area contributed by atoms with Gasteiger partial charge in [-0.1, -0.05) is 18.2 Å². The molecule has 0 aliphatic rings. The van der Waals surface area contributed by atoms with Gasteiger partial charge in [0.05, 0.1) is 6.26 Å². The number of para-hydroxylation sites is 1. The summed E-state index contributed by atoms with van der Waals surface area (Å²) >= 11 is 0. The molecule has 1 unspecified atom stereocenters. The van der Waals surface area contributed by atoms with Crippen molar-refractivity contribution in [3.8, 4) is 5.75 Å². The molecule has 0 radical (unpaired) electrons. The van der Waals surface area contributed by atoms with Crippen LogP contribution in [0.3, 0.4) is 0 Å². The van der Waals surface area contributed by atoms with E-state index in [0.29, 0.717) is 5.56 Å². The molecule has 0 spiro atoms. The number of ketones is 1. The molecule has 0 saturated carbocycles. The lowest BCUT2D eigenvalue weighted by atomic mass is 10.1. The zero-order valence-electron chi connectivity index (χ0n) is 12.3. The van der Waals surface area contributed by atoms with Crippen molar-refractivity contribution >= 4 is 24.2 Å². The third-order valence-electron chi connectivity index (χ3n) is 2.28. The zero-order chi connectivity index (χ0) is 15.6. The van der Waals surface area contributed by atoms with E-state index in [2.05, 4.69) is 0 Å². The molecule has 1 atom stereocenters. The predicted molar refractivity (Wildman–Crippen MR) is 79.8 cm³/mol. The van der Waals surface area contributed by atoms with Gasteiger partial charge in [0, 0.05) is 5.56 Å². The Kier molecular flexibility index (Phi) is 5.12. The minimum absolute atomic E-state index is 0.133. The quantitative estimate of drug-likeness (QED) is 0.596. The van der Waals surface area contributed by atoms with Crippen LogP contribution in [0.15, 0.2) is 24.3 Å². The molecule has 5 nitrogen and oxygen atoms in total. The van der Waals surface area contributed by atoms with Gasteiger partial charge >= 0.3 is 10.1 Å². The normalized spacial score (nSPS) is 13.8. The Hall–Kier alpha value is -1.18. The highest BCUT2D eigenvalue weighted by Gasteiger charge is 2.28. The fourth-order valence-electron chi connectivity index (χ4n) is 1.66. The summed E-state index contributed by atoms with van der Waals surface area (Å²) in [5.74, 6) is -0.0505. The maximum Gasteiger partial charge on any atom is 0.306 e. The molecule has 0 aliphatic heterocycles. The first-order chi connectivity index (χ1) is 8.99. The minimum atomic E-state index is -3.66. The molecule has 0 amide bonds. The van der Waals surface area contributed by atoms with Crippen LogP contribution in [0.1, 0.15) is 18.6 Å². The highest BCUT2D eigenvalue weighted by Crippen LogP contribution is 2.31. The zero-order valence-corrected chi connectivity index (χ0v) is 14.2. The summed E-state index contributed by atoms with van der Waals surface area (Å²) < 4.78 is 33.4. The maximum atomic E-state index is 11.8. The van der Waals surface area contributed by atoms with E-state index >= 15 is 0 Å². The summed E-state index contributed by atoms with van der Waals surface area (Å²) in [5.41, 5.74) is 0.438. The first-order valence-electron chi connectivity index (χ1n) is 6.16. The summed E-state index contributed by atoms with van der Waals surface area (Å²) in [5, 5.41) is 0. The van der Waals surface area contributed by atoms with E-state index in [1.807, 2.05) is 19.6 Å². The largest absolute Gasteiger partial charge is 0.404 e. The second kappa shape index (κ2) is 6.07. The Bertz CT molecular complexity index is 589. The number of rotatable bonds is 6. The fraction of sp³-hybridized carbons (Fsp3) is 0.462. The van der Waals surface area contributed by atoms with Gasteiger partial charge in [0.1, 0.15) is 11.9 Å². The molecule has 0 heterocycles. The van der Waals surface area contributed by atoms with Crippen molar-refractivity contribution < 1.29 is 21.8 Å². The lowest BCUT2D eigenvalue weighted by molar-refractivity contribution is -0.124. The van der Waals surface area contributed by atoms with Crippen LogP contribution in [-0.4, -0.2) is 28.8 Å². The van der Waals surface area contributed by atoms with Crippen LogP contribution < -0.4 is 4.18 Å². The topological polar surface area (TPSA) is 69.7 Å². The molecule has 0 fully saturated rings. The molecular weight excluding hydrogens is 296 g/mol. The Morgan fingerprint density at radius 3 is 2.20 bits per heavy atom. The lowest BCUT2D eigenvalue weighted by Crippen LogP contribution is -2.31. The molecular formula is C13H20O5SSi. The monoisotopic (exact) mass is 316 g/mol. The van der Waals surface area contributed by atoms with Crippen LogP contribution in [0, 0.1) is 0 Å². The van der Waals surface area contributed by atoms with Crippen LogP contribution in [0.5, 0.6) is 5.75 Å². The molecule has 0 N–H and O–H groups in total. The van der Waals surface area contributed by atoms with Crippen molar-refractivity contribution in [2.75, 3.05) is 6.26 Å². The smallest absolute Gasteiger partial charge is 0.306 e. The summed E-state index contributed by atoms with van der Waals surface area (Å²) in [4.78, 5) is 11.8. The van der Waals surface area contributed by atoms with Gasteiger partial charge in [-0.25, -0.2) is 0 Å². The van der Waals surface area contributed by atoms with Crippen LogP contribution in [-0.2, 0) is 19.3 Å². The molecule has 0 saturated heterocycles. The molecule has 1 aromatic carbocycles. The first kappa shape index (κ1) is 16.9. The van der Waals surface area contributed by atoms with Gasteiger partial charge in [-0.2, -0.15) is 8.42 Å². The van der Waals surface area contributed by atoms with Crippen molar-refractivity contribution in [3.63, 3.8) is 0 Å². The summed E-state index contributed by atoms with van der Waals surface area (Å²) in [7, 11) is -5.63. The van der Waals surface area contributed by atoms with Crippen LogP contribution in [0.4, 0.5) is 0 Å². The summed E-state index contributed by atoms with van der Waals surface area (Å²) in [6.45, 7) is 7.30. The molecule has 1 aromatic rings. The minimum Gasteiger partial charge on any atom is -0.404 e. The number of hydrogen-bond acceptors (Lipinski definition) is 5. The molecule has 0 bridgehead atoms. The average molecular weight is 316 g/mol. The number of carbonyl (C=O) groups excluding carboxylic acids is 1. The Morgan fingerprint density at radius 1 is 1.20 bits per heavy atom. The van der Waals surface area contributed by atoms with Gasteiger partial charge in [0.15, 0.2) is 14.1 Å². The molecule has 0 aromatic heterocycles. The van der Waals surface area contributed by atoms with Gasteiger partial charge in [-0.3, -0.25) is 4.79 Å². The van der Waals surface area contributed by atoms with Crippen LogP contribution >= 0.6 is 0 Å². The van der Waals surface area contributed by atoms with Crippen molar-refractivity contribution in [1.29, 1.82) is 0 Å². The average Bonchev–Trinajstić information content (AvgIpc) is 2.23. The molecule has 1 rings (SSSR count). The molecule has 112 valence electrons. The van der Waals surface area contributed by atoms with E-state index in [1.165, 1.54) is 13.0 Å². The third-order valence-corrected chi connectivity index (χ3v) is 3.71. The van der Waals surface area contributed by atoms with E-state index in [-0.39, 0.29) is 11.5 Å². The van der Waals surface area contributed by atoms with E-state index in [9.17, 15) is 13.2 Å². The fourth-order valence-corrected chi connectivity index (χ4v) is 3.13. The molecule has 7 heteroatoms. The Labute approximate surface area is 121 Å². The van der Waals surface area contributed by atoms with Crippen molar-refractivity contribution in [2.45, 2.75) is 32.7 Å². The van der Waals surface area contributed by atoms with Gasteiger partial charge in [-0.15, -0.1) is 0 Å². The van der Waals surface area contributed by atoms with Crippen molar-refractivity contribution in [3.05, 3.63) is 29.8 Å². The Balaban J connectivity index is 3.24. The number of hydrogen-bond donors (Lipinski definition) is 0. The Morgan fingerprint density at radius 2 is 1.75 bits per heavy atom. The van der Waals surface area contributed by atoms with E-state index in [0.717, 1.165) is 6.26 Å². The number of Topliss-reactive ketones (excluding diaryl/α,β-unsaturated/α-hetero) is 1. The second-order valence-corrected chi connectivity index (χ2v) is 11.6. The van der Waals surface area contributed by atoms with Gasteiger partial charge in [0.25, 0.3) is 0 Å². The third kappa shape index (κ3) is 5.44. The van der Waals surface area contributed by atoms with E-state index < -0.39 is 24.5 Å². The lowest BCUT2D eigenvalue weighted by Gasteiger charge is -2.26. The van der Waals surface area contributed by atoms with Gasteiger partial charge in [-0.05, 0) is 32.6 Å². The van der Waals surface area contributed by atoms with Gasteiger partial charge < -0.3 is 8.61 Å². The highest BCUT2D eigenvalue weighted by molar-refractivity contribution is 7.86.